The molecule has 0 N–H and O–H groups in total. The van der Waals surface area contributed by atoms with Crippen LogP contribution in [-0.4, -0.2) is 4.98 Å². The van der Waals surface area contributed by atoms with Crippen LogP contribution in [-0.2, 0) is 0 Å². The minimum atomic E-state index is 1.20. The fourth-order valence-electron chi connectivity index (χ4n) is 1.03. The van der Waals surface area contributed by atoms with Crippen LogP contribution in [0.25, 0.3) is 10.8 Å². The topological polar surface area (TPSA) is 12.9 Å². The second-order valence-corrected chi connectivity index (χ2v) is 2.63. The molecular weight excluding hydrogens is 158 g/mol. The number of allylic oxidation sites excluding steroid dienone is 1. The summed E-state index contributed by atoms with van der Waals surface area (Å²) in [6.45, 7) is 5.25. The van der Waals surface area contributed by atoms with Gasteiger partial charge in [0.25, 0.3) is 0 Å². The molecule has 1 nitrogen and oxygen atoms in total. The largest absolute Gasteiger partial charge is 0.264 e. The second-order valence-electron chi connectivity index (χ2n) is 2.63. The van der Waals surface area contributed by atoms with Crippen LogP contribution in [0.3, 0.4) is 0 Å². The minimum Gasteiger partial charge on any atom is -0.264 e. The monoisotopic (exact) mass is 171 g/mol. The molecule has 1 aromatic heterocycles. The van der Waals surface area contributed by atoms with Crippen LogP contribution in [0.1, 0.15) is 6.92 Å². The first-order chi connectivity index (χ1) is 6.38. The van der Waals surface area contributed by atoms with E-state index in [0.717, 1.165) is 0 Å². The average molecular weight is 171 g/mol. The Kier molecular flexibility index (Phi) is 3.71. The lowest BCUT2D eigenvalue weighted by Crippen LogP contribution is -1.71. The van der Waals surface area contributed by atoms with Gasteiger partial charge < -0.3 is 0 Å². The van der Waals surface area contributed by atoms with Crippen LogP contribution in [0, 0.1) is 0 Å². The smallest absolute Gasteiger partial charge is 0.0346 e. The third kappa shape index (κ3) is 2.71. The van der Waals surface area contributed by atoms with Gasteiger partial charge in [0.2, 0.25) is 0 Å². The van der Waals surface area contributed by atoms with E-state index in [9.17, 15) is 0 Å². The minimum absolute atomic E-state index is 1.20. The molecule has 66 valence electrons. The van der Waals surface area contributed by atoms with Gasteiger partial charge in [-0.3, -0.25) is 4.98 Å². The molecular formula is C12H13N. The molecule has 0 bridgehead atoms. The molecule has 1 aromatic carbocycles. The van der Waals surface area contributed by atoms with Gasteiger partial charge in [0, 0.05) is 12.4 Å². The molecule has 0 aliphatic rings. The van der Waals surface area contributed by atoms with Crippen LogP contribution in [0.4, 0.5) is 0 Å². The predicted octanol–water partition coefficient (Wildman–Crippen LogP) is 3.43. The summed E-state index contributed by atoms with van der Waals surface area (Å²) in [4.78, 5) is 4.01. The van der Waals surface area contributed by atoms with Crippen molar-refractivity contribution in [3.05, 3.63) is 55.4 Å². The first-order valence-electron chi connectivity index (χ1n) is 4.24. The Bertz CT molecular complexity index is 314. The molecule has 0 radical (unpaired) electrons. The van der Waals surface area contributed by atoms with E-state index in [1.165, 1.54) is 10.8 Å². The van der Waals surface area contributed by atoms with Crippen molar-refractivity contribution in [2.45, 2.75) is 6.92 Å². The van der Waals surface area contributed by atoms with E-state index in [-0.39, 0.29) is 0 Å². The quantitative estimate of drug-likeness (QED) is 0.553. The average Bonchev–Trinajstić information content (AvgIpc) is 2.19. The maximum absolute atomic E-state index is 4.01. The van der Waals surface area contributed by atoms with Gasteiger partial charge in [0.15, 0.2) is 0 Å². The van der Waals surface area contributed by atoms with Gasteiger partial charge in [-0.15, -0.1) is 6.58 Å². The zero-order valence-corrected chi connectivity index (χ0v) is 7.77. The molecule has 1 heteroatoms. The SMILES string of the molecule is C=CC.c1ccc2cnccc2c1. The molecule has 0 aliphatic carbocycles. The molecule has 2 aromatic rings. The summed E-state index contributed by atoms with van der Waals surface area (Å²) in [5.74, 6) is 0. The molecule has 0 spiro atoms. The zero-order valence-electron chi connectivity index (χ0n) is 7.77. The second kappa shape index (κ2) is 5.09. The van der Waals surface area contributed by atoms with Crippen LogP contribution < -0.4 is 0 Å². The normalized spacial score (nSPS) is 8.69. The lowest BCUT2D eigenvalue weighted by Gasteiger charge is -1.91. The van der Waals surface area contributed by atoms with Crippen molar-refractivity contribution >= 4 is 10.8 Å². The van der Waals surface area contributed by atoms with Gasteiger partial charge in [-0.1, -0.05) is 30.3 Å². The van der Waals surface area contributed by atoms with Crippen LogP contribution in [0.15, 0.2) is 55.4 Å². The first-order valence-corrected chi connectivity index (χ1v) is 4.24. The summed E-state index contributed by atoms with van der Waals surface area (Å²) in [6.07, 6.45) is 5.43. The van der Waals surface area contributed by atoms with E-state index in [4.69, 9.17) is 0 Å². The van der Waals surface area contributed by atoms with Gasteiger partial charge in [-0.2, -0.15) is 0 Å². The summed E-state index contributed by atoms with van der Waals surface area (Å²) < 4.78 is 0. The molecule has 2 rings (SSSR count). The fraction of sp³-hybridized carbons (Fsp3) is 0.0833. The van der Waals surface area contributed by atoms with Crippen molar-refractivity contribution < 1.29 is 0 Å². The number of nitrogens with zero attached hydrogens (tertiary/aromatic N) is 1. The summed E-state index contributed by atoms with van der Waals surface area (Å²) in [6, 6.07) is 10.2. The Hall–Kier alpha value is -1.63. The van der Waals surface area contributed by atoms with Crippen LogP contribution in [0.2, 0.25) is 0 Å². The first kappa shape index (κ1) is 9.46. The lowest BCUT2D eigenvalue weighted by atomic mass is 10.2. The van der Waals surface area contributed by atoms with Gasteiger partial charge in [0.05, 0.1) is 0 Å². The van der Waals surface area contributed by atoms with Crippen molar-refractivity contribution in [3.8, 4) is 0 Å². The van der Waals surface area contributed by atoms with Gasteiger partial charge in [-0.05, 0) is 23.8 Å². The fourth-order valence-corrected chi connectivity index (χ4v) is 1.03. The molecule has 13 heavy (non-hydrogen) atoms. The highest BCUT2D eigenvalue weighted by molar-refractivity contribution is 5.80. The highest BCUT2D eigenvalue weighted by atomic mass is 14.6. The number of benzene rings is 1. The third-order valence-electron chi connectivity index (χ3n) is 1.55. The molecule has 0 saturated carbocycles. The highest BCUT2D eigenvalue weighted by Crippen LogP contribution is 2.09. The van der Waals surface area contributed by atoms with E-state index in [0.29, 0.717) is 0 Å². The van der Waals surface area contributed by atoms with E-state index in [2.05, 4.69) is 23.7 Å². The Morgan fingerprint density at radius 3 is 2.38 bits per heavy atom. The standard InChI is InChI=1S/C9H7N.C3H6/c1-2-4-9-7-10-6-5-8(9)3-1;1-3-2/h1-7H;3H,1H2,2H3. The Labute approximate surface area is 78.7 Å². The number of aromatic nitrogens is 1. The van der Waals surface area contributed by atoms with Crippen molar-refractivity contribution in [1.82, 2.24) is 4.98 Å². The summed E-state index contributed by atoms with van der Waals surface area (Å²) in [7, 11) is 0. The maximum Gasteiger partial charge on any atom is 0.0346 e. The number of hydrogen-bond acceptors (Lipinski definition) is 1. The number of fused-ring (bicyclic) bond motifs is 1. The maximum atomic E-state index is 4.01. The van der Waals surface area contributed by atoms with Crippen LogP contribution >= 0.6 is 0 Å². The van der Waals surface area contributed by atoms with E-state index >= 15 is 0 Å². The molecule has 1 heterocycles. The summed E-state index contributed by atoms with van der Waals surface area (Å²) in [5.41, 5.74) is 0. The highest BCUT2D eigenvalue weighted by Gasteiger charge is 1.86. The van der Waals surface area contributed by atoms with Crippen molar-refractivity contribution in [3.63, 3.8) is 0 Å². The summed E-state index contributed by atoms with van der Waals surface area (Å²) >= 11 is 0. The number of rotatable bonds is 0. The number of hydrogen-bond donors (Lipinski definition) is 0. The van der Waals surface area contributed by atoms with Crippen molar-refractivity contribution in [2.75, 3.05) is 0 Å². The Morgan fingerprint density at radius 2 is 1.77 bits per heavy atom. The van der Waals surface area contributed by atoms with Gasteiger partial charge in [-0.25, -0.2) is 0 Å². The zero-order chi connectivity index (χ0) is 9.52. The molecule has 0 amide bonds. The molecule has 0 saturated heterocycles. The van der Waals surface area contributed by atoms with Gasteiger partial charge >= 0.3 is 0 Å². The van der Waals surface area contributed by atoms with Crippen molar-refractivity contribution in [1.29, 1.82) is 0 Å². The van der Waals surface area contributed by atoms with Gasteiger partial charge in [0.1, 0.15) is 0 Å². The van der Waals surface area contributed by atoms with Crippen molar-refractivity contribution in [2.24, 2.45) is 0 Å². The third-order valence-corrected chi connectivity index (χ3v) is 1.55. The molecule has 0 aliphatic heterocycles. The van der Waals surface area contributed by atoms with Crippen LogP contribution in [0.5, 0.6) is 0 Å². The summed E-state index contributed by atoms with van der Waals surface area (Å²) in [5, 5.41) is 2.45. The lowest BCUT2D eigenvalue weighted by molar-refractivity contribution is 1.36. The van der Waals surface area contributed by atoms with E-state index < -0.39 is 0 Å². The predicted molar refractivity (Wildman–Crippen MR) is 57.6 cm³/mol. The number of pyridine rings is 1. The Balaban J connectivity index is 0.000000251. The molecule has 0 atom stereocenters. The van der Waals surface area contributed by atoms with E-state index in [1.807, 2.05) is 37.5 Å². The Morgan fingerprint density at radius 1 is 1.15 bits per heavy atom. The molecule has 0 fully saturated rings. The van der Waals surface area contributed by atoms with E-state index in [1.54, 1.807) is 6.08 Å². The molecule has 0 unspecified atom stereocenters.